The summed E-state index contributed by atoms with van der Waals surface area (Å²) >= 11 is 6.18. The zero-order valence-corrected chi connectivity index (χ0v) is 10.7. The van der Waals surface area contributed by atoms with E-state index >= 15 is 0 Å². The van der Waals surface area contributed by atoms with Crippen molar-refractivity contribution >= 4 is 11.6 Å². The van der Waals surface area contributed by atoms with Gasteiger partial charge in [-0.25, -0.2) is 0 Å². The van der Waals surface area contributed by atoms with Crippen LogP contribution in [0.25, 0.3) is 0 Å². The summed E-state index contributed by atoms with van der Waals surface area (Å²) < 4.78 is 7.48. The molecule has 2 rings (SSSR count). The van der Waals surface area contributed by atoms with Crippen LogP contribution >= 0.6 is 11.6 Å². The third kappa shape index (κ3) is 2.19. The molecule has 0 aliphatic heterocycles. The largest absolute Gasteiger partial charge is 0.493 e. The molecule has 2 unspecified atom stereocenters. The lowest BCUT2D eigenvalue weighted by Gasteiger charge is -2.14. The fourth-order valence-electron chi connectivity index (χ4n) is 2.51. The van der Waals surface area contributed by atoms with Gasteiger partial charge < -0.3 is 4.74 Å². The SMILES string of the molecule is CCCn1ncc(OC)c1C1CCC(Cl)C1. The Morgan fingerprint density at radius 1 is 1.56 bits per heavy atom. The van der Waals surface area contributed by atoms with E-state index in [2.05, 4.69) is 16.7 Å². The Hall–Kier alpha value is -0.700. The minimum Gasteiger partial charge on any atom is -0.493 e. The second-order valence-corrected chi connectivity index (χ2v) is 5.05. The van der Waals surface area contributed by atoms with E-state index in [0.717, 1.165) is 38.0 Å². The topological polar surface area (TPSA) is 27.1 Å². The van der Waals surface area contributed by atoms with E-state index in [4.69, 9.17) is 16.3 Å². The number of alkyl halides is 1. The predicted molar refractivity (Wildman–Crippen MR) is 65.3 cm³/mol. The molecule has 1 saturated carbocycles. The highest BCUT2D eigenvalue weighted by Gasteiger charge is 2.29. The molecule has 0 amide bonds. The average molecular weight is 243 g/mol. The molecular weight excluding hydrogens is 224 g/mol. The Balaban J connectivity index is 2.25. The predicted octanol–water partition coefficient (Wildman–Crippen LogP) is 3.18. The molecule has 1 heterocycles. The summed E-state index contributed by atoms with van der Waals surface area (Å²) in [6, 6.07) is 0. The first-order chi connectivity index (χ1) is 7.76. The Morgan fingerprint density at radius 3 is 2.94 bits per heavy atom. The van der Waals surface area contributed by atoms with Crippen molar-refractivity contribution in [3.8, 4) is 5.75 Å². The number of aromatic nitrogens is 2. The maximum Gasteiger partial charge on any atom is 0.160 e. The Kier molecular flexibility index (Phi) is 3.74. The molecule has 0 spiro atoms. The molecule has 0 saturated heterocycles. The van der Waals surface area contributed by atoms with Crippen LogP contribution in [0.1, 0.15) is 44.2 Å². The molecule has 2 atom stereocenters. The van der Waals surface area contributed by atoms with Crippen molar-refractivity contribution in [1.29, 1.82) is 0 Å². The molecule has 1 aromatic heterocycles. The normalized spacial score (nSPS) is 24.9. The molecule has 1 aliphatic rings. The number of hydrogen-bond acceptors (Lipinski definition) is 2. The summed E-state index contributed by atoms with van der Waals surface area (Å²) in [6.45, 7) is 3.12. The molecule has 3 nitrogen and oxygen atoms in total. The van der Waals surface area contributed by atoms with Crippen molar-refractivity contribution in [2.45, 2.75) is 50.4 Å². The van der Waals surface area contributed by atoms with Gasteiger partial charge in [0, 0.05) is 17.8 Å². The van der Waals surface area contributed by atoms with Crippen molar-refractivity contribution in [2.24, 2.45) is 0 Å². The van der Waals surface area contributed by atoms with Gasteiger partial charge in [0.1, 0.15) is 0 Å². The van der Waals surface area contributed by atoms with Gasteiger partial charge in [-0.1, -0.05) is 6.92 Å². The Bertz CT molecular complexity index is 351. The first kappa shape index (κ1) is 11.8. The average Bonchev–Trinajstić information content (AvgIpc) is 2.85. The highest BCUT2D eigenvalue weighted by molar-refractivity contribution is 6.20. The standard InChI is InChI=1S/C12H19ClN2O/c1-3-6-15-12(11(16-2)8-14-15)9-4-5-10(13)7-9/h8-10H,3-7H2,1-2H3. The number of ether oxygens (including phenoxy) is 1. The first-order valence-corrected chi connectivity index (χ1v) is 6.43. The molecule has 90 valence electrons. The zero-order chi connectivity index (χ0) is 11.5. The Morgan fingerprint density at radius 2 is 2.38 bits per heavy atom. The zero-order valence-electron chi connectivity index (χ0n) is 9.95. The number of nitrogens with zero attached hydrogens (tertiary/aromatic N) is 2. The highest BCUT2D eigenvalue weighted by Crippen LogP contribution is 2.40. The fourth-order valence-corrected chi connectivity index (χ4v) is 2.85. The second-order valence-electron chi connectivity index (χ2n) is 4.43. The van der Waals surface area contributed by atoms with E-state index in [1.807, 2.05) is 6.20 Å². The van der Waals surface area contributed by atoms with Crippen molar-refractivity contribution < 1.29 is 4.74 Å². The maximum absolute atomic E-state index is 6.18. The molecular formula is C12H19ClN2O. The van der Waals surface area contributed by atoms with E-state index in [-0.39, 0.29) is 0 Å². The van der Waals surface area contributed by atoms with Crippen LogP contribution in [-0.2, 0) is 6.54 Å². The quantitative estimate of drug-likeness (QED) is 0.759. The van der Waals surface area contributed by atoms with E-state index < -0.39 is 0 Å². The van der Waals surface area contributed by atoms with Crippen LogP contribution in [0.5, 0.6) is 5.75 Å². The number of methoxy groups -OCH3 is 1. The van der Waals surface area contributed by atoms with Gasteiger partial charge in [0.05, 0.1) is 19.0 Å². The Labute approximate surface area is 102 Å². The van der Waals surface area contributed by atoms with E-state index in [0.29, 0.717) is 11.3 Å². The monoisotopic (exact) mass is 242 g/mol. The summed E-state index contributed by atoms with van der Waals surface area (Å²) in [5, 5.41) is 4.71. The minimum absolute atomic E-state index is 0.319. The third-order valence-corrected chi connectivity index (χ3v) is 3.65. The van der Waals surface area contributed by atoms with E-state index in [1.54, 1.807) is 7.11 Å². The second kappa shape index (κ2) is 5.09. The van der Waals surface area contributed by atoms with Crippen LogP contribution in [0, 0.1) is 0 Å². The number of aryl methyl sites for hydroxylation is 1. The van der Waals surface area contributed by atoms with Crippen LogP contribution in [0.2, 0.25) is 0 Å². The molecule has 0 radical (unpaired) electrons. The molecule has 16 heavy (non-hydrogen) atoms. The van der Waals surface area contributed by atoms with Crippen LogP contribution in [0.3, 0.4) is 0 Å². The molecule has 0 N–H and O–H groups in total. The van der Waals surface area contributed by atoms with E-state index in [1.165, 1.54) is 5.69 Å². The van der Waals surface area contributed by atoms with Gasteiger partial charge in [0.25, 0.3) is 0 Å². The maximum atomic E-state index is 6.18. The van der Waals surface area contributed by atoms with Gasteiger partial charge in [-0.3, -0.25) is 4.68 Å². The van der Waals surface area contributed by atoms with Gasteiger partial charge >= 0.3 is 0 Å². The van der Waals surface area contributed by atoms with Gasteiger partial charge in [-0.15, -0.1) is 11.6 Å². The van der Waals surface area contributed by atoms with Crippen molar-refractivity contribution in [1.82, 2.24) is 9.78 Å². The summed E-state index contributed by atoms with van der Waals surface area (Å²) in [5.41, 5.74) is 1.24. The summed E-state index contributed by atoms with van der Waals surface area (Å²) in [6.07, 6.45) is 6.22. The van der Waals surface area contributed by atoms with E-state index in [9.17, 15) is 0 Å². The number of hydrogen-bond donors (Lipinski definition) is 0. The summed E-state index contributed by atoms with van der Waals surface area (Å²) in [5.74, 6) is 1.44. The summed E-state index contributed by atoms with van der Waals surface area (Å²) in [4.78, 5) is 0. The van der Waals surface area contributed by atoms with Crippen LogP contribution in [-0.4, -0.2) is 22.3 Å². The van der Waals surface area contributed by atoms with Gasteiger partial charge in [0.15, 0.2) is 5.75 Å². The third-order valence-electron chi connectivity index (χ3n) is 3.26. The fraction of sp³-hybridized carbons (Fsp3) is 0.750. The number of rotatable bonds is 4. The molecule has 1 aliphatic carbocycles. The van der Waals surface area contributed by atoms with Crippen LogP contribution < -0.4 is 4.74 Å². The molecule has 1 fully saturated rings. The van der Waals surface area contributed by atoms with Crippen LogP contribution in [0.15, 0.2) is 6.20 Å². The molecule has 0 aromatic carbocycles. The summed E-state index contributed by atoms with van der Waals surface area (Å²) in [7, 11) is 1.71. The van der Waals surface area contributed by atoms with Gasteiger partial charge in [0.2, 0.25) is 0 Å². The van der Waals surface area contributed by atoms with Crippen molar-refractivity contribution in [2.75, 3.05) is 7.11 Å². The first-order valence-electron chi connectivity index (χ1n) is 6.00. The molecule has 4 heteroatoms. The number of halogens is 1. The molecule has 0 bridgehead atoms. The van der Waals surface area contributed by atoms with Crippen LogP contribution in [0.4, 0.5) is 0 Å². The van der Waals surface area contributed by atoms with Gasteiger partial charge in [-0.2, -0.15) is 5.10 Å². The van der Waals surface area contributed by atoms with Crippen molar-refractivity contribution in [3.05, 3.63) is 11.9 Å². The lowest BCUT2D eigenvalue weighted by Crippen LogP contribution is -2.08. The minimum atomic E-state index is 0.319. The van der Waals surface area contributed by atoms with Gasteiger partial charge in [-0.05, 0) is 25.7 Å². The highest BCUT2D eigenvalue weighted by atomic mass is 35.5. The molecule has 1 aromatic rings. The lowest BCUT2D eigenvalue weighted by molar-refractivity contribution is 0.400. The smallest absolute Gasteiger partial charge is 0.160 e. The lowest BCUT2D eigenvalue weighted by atomic mass is 10.0. The van der Waals surface area contributed by atoms with Crippen molar-refractivity contribution in [3.63, 3.8) is 0 Å².